The smallest absolute Gasteiger partial charge is 0.0914 e. The van der Waals surface area contributed by atoms with Gasteiger partial charge in [0.05, 0.1) is 6.10 Å². The predicted molar refractivity (Wildman–Crippen MR) is 80.7 cm³/mol. The van der Waals surface area contributed by atoms with Crippen molar-refractivity contribution < 1.29 is 9.32 Å². The summed E-state index contributed by atoms with van der Waals surface area (Å²) in [5.74, 6) is 0.616. The number of benzene rings is 2. The Morgan fingerprint density at radius 3 is 2.68 bits per heavy atom. The second kappa shape index (κ2) is 6.80. The summed E-state index contributed by atoms with van der Waals surface area (Å²) in [6.45, 7) is 1.14. The summed E-state index contributed by atoms with van der Waals surface area (Å²) in [5, 5.41) is 15.5. The van der Waals surface area contributed by atoms with Crippen LogP contribution in [0.3, 0.4) is 0 Å². The lowest BCUT2D eigenvalue weighted by Gasteiger charge is -2.12. The van der Waals surface area contributed by atoms with Crippen LogP contribution in [0.2, 0.25) is 0 Å². The number of hydrogen-bond acceptors (Lipinski definition) is 3. The molecule has 0 bridgehead atoms. The van der Waals surface area contributed by atoms with Crippen molar-refractivity contribution >= 4 is 21.6 Å². The van der Waals surface area contributed by atoms with Crippen LogP contribution in [0.1, 0.15) is 11.7 Å². The highest BCUT2D eigenvalue weighted by Crippen LogP contribution is 2.19. The lowest BCUT2D eigenvalue weighted by Crippen LogP contribution is -2.25. The van der Waals surface area contributed by atoms with Crippen molar-refractivity contribution in [2.75, 3.05) is 25.1 Å². The monoisotopic (exact) mass is 277 g/mol. The summed E-state index contributed by atoms with van der Waals surface area (Å²) in [4.78, 5) is 0. The Morgan fingerprint density at radius 2 is 1.95 bits per heavy atom. The minimum absolute atomic E-state index is 0.482. The van der Waals surface area contributed by atoms with E-state index < -0.39 is 16.9 Å². The molecule has 3 nitrogen and oxygen atoms in total. The summed E-state index contributed by atoms with van der Waals surface area (Å²) in [5.41, 5.74) is 0.906. The molecule has 2 rings (SSSR count). The molecule has 2 atom stereocenters. The standard InChI is InChI=1S/C15H19NO2S/c1-19(18)9-8-16-11-15(17)14-7-6-12-4-2-3-5-13(12)10-14/h2-7,10,15-17H,8-9,11H2,1H3. The molecule has 0 saturated carbocycles. The zero-order valence-electron chi connectivity index (χ0n) is 11.0. The van der Waals surface area contributed by atoms with Gasteiger partial charge in [-0.05, 0) is 22.4 Å². The summed E-state index contributed by atoms with van der Waals surface area (Å²) >= 11 is 0. The quantitative estimate of drug-likeness (QED) is 0.792. The van der Waals surface area contributed by atoms with E-state index in [1.165, 1.54) is 5.39 Å². The van der Waals surface area contributed by atoms with E-state index in [9.17, 15) is 9.32 Å². The van der Waals surface area contributed by atoms with Crippen LogP contribution in [-0.4, -0.2) is 34.4 Å². The van der Waals surface area contributed by atoms with Crippen LogP contribution in [-0.2, 0) is 10.8 Å². The van der Waals surface area contributed by atoms with E-state index in [2.05, 4.69) is 11.4 Å². The molecule has 2 unspecified atom stereocenters. The van der Waals surface area contributed by atoms with E-state index in [0.29, 0.717) is 18.8 Å². The van der Waals surface area contributed by atoms with Gasteiger partial charge in [-0.2, -0.15) is 0 Å². The maximum absolute atomic E-state index is 10.9. The average molecular weight is 277 g/mol. The van der Waals surface area contributed by atoms with E-state index in [1.807, 2.05) is 36.4 Å². The molecule has 2 N–H and O–H groups in total. The first-order valence-electron chi connectivity index (χ1n) is 6.34. The molecule has 0 aliphatic heterocycles. The second-order valence-corrected chi connectivity index (χ2v) is 6.16. The predicted octanol–water partition coefficient (Wildman–Crippen LogP) is 1.84. The molecule has 0 aliphatic rings. The highest BCUT2D eigenvalue weighted by atomic mass is 32.2. The molecule has 0 aliphatic carbocycles. The topological polar surface area (TPSA) is 49.3 Å². The molecular formula is C15H19NO2S. The molecular weight excluding hydrogens is 258 g/mol. The van der Waals surface area contributed by atoms with Gasteiger partial charge in [0.15, 0.2) is 0 Å². The van der Waals surface area contributed by atoms with Gasteiger partial charge in [-0.1, -0.05) is 36.4 Å². The number of aliphatic hydroxyl groups is 1. The van der Waals surface area contributed by atoms with E-state index in [-0.39, 0.29) is 0 Å². The third kappa shape index (κ3) is 4.13. The summed E-state index contributed by atoms with van der Waals surface area (Å²) < 4.78 is 10.9. The highest BCUT2D eigenvalue weighted by molar-refractivity contribution is 7.84. The van der Waals surface area contributed by atoms with Crippen molar-refractivity contribution in [3.05, 3.63) is 48.0 Å². The maximum Gasteiger partial charge on any atom is 0.0914 e. The van der Waals surface area contributed by atoms with Gasteiger partial charge in [-0.3, -0.25) is 4.21 Å². The Hall–Kier alpha value is -1.23. The Bertz CT molecular complexity index is 571. The maximum atomic E-state index is 10.9. The van der Waals surface area contributed by atoms with Crippen LogP contribution in [0.25, 0.3) is 10.8 Å². The molecule has 2 aromatic rings. The molecule has 4 heteroatoms. The van der Waals surface area contributed by atoms with Gasteiger partial charge in [-0.25, -0.2) is 0 Å². The molecule has 0 radical (unpaired) electrons. The zero-order chi connectivity index (χ0) is 13.7. The molecule has 0 amide bonds. The van der Waals surface area contributed by atoms with Gasteiger partial charge in [0.25, 0.3) is 0 Å². The fraction of sp³-hybridized carbons (Fsp3) is 0.333. The van der Waals surface area contributed by atoms with E-state index >= 15 is 0 Å². The van der Waals surface area contributed by atoms with Crippen molar-refractivity contribution in [1.82, 2.24) is 5.32 Å². The molecule has 0 heterocycles. The first-order valence-corrected chi connectivity index (χ1v) is 8.07. The van der Waals surface area contributed by atoms with Crippen LogP contribution < -0.4 is 5.32 Å². The zero-order valence-corrected chi connectivity index (χ0v) is 11.8. The van der Waals surface area contributed by atoms with Gasteiger partial charge in [0.2, 0.25) is 0 Å². The molecule has 0 saturated heterocycles. The lowest BCUT2D eigenvalue weighted by molar-refractivity contribution is 0.176. The Kier molecular flexibility index (Phi) is 5.07. The molecule has 0 spiro atoms. The number of rotatable bonds is 6. The number of hydrogen-bond donors (Lipinski definition) is 2. The summed E-state index contributed by atoms with van der Waals surface area (Å²) in [7, 11) is -0.787. The van der Waals surface area contributed by atoms with Gasteiger partial charge in [0.1, 0.15) is 0 Å². The third-order valence-electron chi connectivity index (χ3n) is 3.06. The van der Waals surface area contributed by atoms with Crippen LogP contribution in [0, 0.1) is 0 Å². The minimum Gasteiger partial charge on any atom is -0.387 e. The summed E-state index contributed by atoms with van der Waals surface area (Å²) in [6, 6.07) is 14.1. The molecule has 19 heavy (non-hydrogen) atoms. The average Bonchev–Trinajstić information content (AvgIpc) is 2.42. The number of fused-ring (bicyclic) bond motifs is 1. The second-order valence-electron chi connectivity index (χ2n) is 4.60. The first kappa shape index (κ1) is 14.2. The summed E-state index contributed by atoms with van der Waals surface area (Å²) in [6.07, 6.45) is 1.15. The highest BCUT2D eigenvalue weighted by Gasteiger charge is 2.07. The fourth-order valence-electron chi connectivity index (χ4n) is 1.99. The first-order chi connectivity index (χ1) is 9.16. The van der Waals surface area contributed by atoms with Gasteiger partial charge in [-0.15, -0.1) is 0 Å². The lowest BCUT2D eigenvalue weighted by atomic mass is 10.0. The van der Waals surface area contributed by atoms with Crippen LogP contribution in [0.15, 0.2) is 42.5 Å². The third-order valence-corrected chi connectivity index (χ3v) is 3.84. The van der Waals surface area contributed by atoms with Crippen LogP contribution >= 0.6 is 0 Å². The number of nitrogens with one attached hydrogen (secondary N) is 1. The van der Waals surface area contributed by atoms with Crippen LogP contribution in [0.4, 0.5) is 0 Å². The molecule has 0 aromatic heterocycles. The van der Waals surface area contributed by atoms with Gasteiger partial charge < -0.3 is 10.4 Å². The van der Waals surface area contributed by atoms with Gasteiger partial charge >= 0.3 is 0 Å². The Balaban J connectivity index is 1.97. The van der Waals surface area contributed by atoms with Crippen molar-refractivity contribution in [3.63, 3.8) is 0 Å². The van der Waals surface area contributed by atoms with Crippen molar-refractivity contribution in [2.45, 2.75) is 6.10 Å². The van der Waals surface area contributed by atoms with Crippen LogP contribution in [0.5, 0.6) is 0 Å². The van der Waals surface area contributed by atoms with Crippen molar-refractivity contribution in [2.24, 2.45) is 0 Å². The Labute approximate surface area is 116 Å². The Morgan fingerprint density at radius 1 is 1.21 bits per heavy atom. The molecule has 2 aromatic carbocycles. The number of aliphatic hydroxyl groups excluding tert-OH is 1. The SMILES string of the molecule is CS(=O)CCNCC(O)c1ccc2ccccc2c1. The van der Waals surface area contributed by atoms with Gasteiger partial charge in [0, 0.05) is 35.9 Å². The van der Waals surface area contributed by atoms with Crippen molar-refractivity contribution in [1.29, 1.82) is 0 Å². The largest absolute Gasteiger partial charge is 0.387 e. The van der Waals surface area contributed by atoms with E-state index in [0.717, 1.165) is 10.9 Å². The normalized spacial score (nSPS) is 14.4. The van der Waals surface area contributed by atoms with E-state index in [4.69, 9.17) is 0 Å². The molecule has 0 fully saturated rings. The van der Waals surface area contributed by atoms with E-state index in [1.54, 1.807) is 6.26 Å². The molecule has 102 valence electrons. The van der Waals surface area contributed by atoms with Crippen molar-refractivity contribution in [3.8, 4) is 0 Å². The fourth-order valence-corrected chi connectivity index (χ4v) is 2.42. The minimum atomic E-state index is -0.787.